The molecule has 0 fully saturated rings. The maximum absolute atomic E-state index is 6.24. The van der Waals surface area contributed by atoms with Crippen molar-refractivity contribution in [3.63, 3.8) is 0 Å². The number of fused-ring (bicyclic) bond motifs is 1. The molecule has 0 saturated carbocycles. The third kappa shape index (κ3) is 2.51. The molecule has 1 nitrogen and oxygen atoms in total. The first-order valence-electron chi connectivity index (χ1n) is 5.46. The van der Waals surface area contributed by atoms with Gasteiger partial charge in [-0.1, -0.05) is 54.1 Å². The predicted octanol–water partition coefficient (Wildman–Crippen LogP) is 0.895. The number of hydrogen-bond acceptors (Lipinski definition) is 1. The van der Waals surface area contributed by atoms with Gasteiger partial charge in [-0.25, -0.2) is 0 Å². The fourth-order valence-electron chi connectivity index (χ4n) is 1.92. The zero-order valence-corrected chi connectivity index (χ0v) is 11.8. The third-order valence-corrected chi connectivity index (χ3v) is 4.08. The van der Waals surface area contributed by atoms with Crippen LogP contribution in [-0.4, -0.2) is 0 Å². The summed E-state index contributed by atoms with van der Waals surface area (Å²) in [4.78, 5) is 0. The molecule has 0 saturated heterocycles. The Morgan fingerprint density at radius 1 is 0.944 bits per heavy atom. The van der Waals surface area contributed by atoms with Crippen molar-refractivity contribution in [2.45, 2.75) is 6.54 Å². The molecule has 0 unspecified atom stereocenters. The van der Waals surface area contributed by atoms with E-state index in [-0.39, 0.29) is 12.4 Å². The SMILES string of the molecule is Clc1s[n+](Cc2ccccc2)c2ccccc12.[Cl-]. The van der Waals surface area contributed by atoms with Gasteiger partial charge in [-0.2, -0.15) is 0 Å². The van der Waals surface area contributed by atoms with Crippen molar-refractivity contribution in [2.24, 2.45) is 0 Å². The first-order chi connectivity index (χ1) is 8.34. The molecule has 0 amide bonds. The van der Waals surface area contributed by atoms with Crippen molar-refractivity contribution in [3.05, 3.63) is 64.5 Å². The van der Waals surface area contributed by atoms with E-state index in [9.17, 15) is 0 Å². The lowest BCUT2D eigenvalue weighted by Gasteiger charge is -1.94. The normalized spacial score (nSPS) is 10.3. The van der Waals surface area contributed by atoms with Crippen LogP contribution in [0.5, 0.6) is 0 Å². The van der Waals surface area contributed by atoms with Crippen molar-refractivity contribution in [3.8, 4) is 0 Å². The molecule has 18 heavy (non-hydrogen) atoms. The minimum absolute atomic E-state index is 0. The fourth-order valence-corrected chi connectivity index (χ4v) is 3.26. The molecule has 0 aliphatic heterocycles. The predicted molar refractivity (Wildman–Crippen MR) is 72.6 cm³/mol. The topological polar surface area (TPSA) is 3.88 Å². The number of halogens is 2. The largest absolute Gasteiger partial charge is 1.00 e. The van der Waals surface area contributed by atoms with E-state index in [1.807, 2.05) is 18.2 Å². The molecule has 0 radical (unpaired) electrons. The van der Waals surface area contributed by atoms with Crippen LogP contribution in [0, 0.1) is 0 Å². The standard InChI is InChI=1S/C14H11ClNS.ClH/c15-14-12-8-4-5-9-13(12)16(17-14)10-11-6-2-1-3-7-11;/h1-9H,10H2;1H/q+1;/p-1. The van der Waals surface area contributed by atoms with E-state index in [4.69, 9.17) is 11.6 Å². The van der Waals surface area contributed by atoms with Crippen molar-refractivity contribution in [1.29, 1.82) is 0 Å². The van der Waals surface area contributed by atoms with Gasteiger partial charge < -0.3 is 12.4 Å². The number of nitrogens with zero attached hydrogens (tertiary/aromatic N) is 1. The van der Waals surface area contributed by atoms with Crippen molar-refractivity contribution >= 4 is 34.0 Å². The van der Waals surface area contributed by atoms with E-state index < -0.39 is 0 Å². The second-order valence-corrected chi connectivity index (χ2v) is 5.54. The lowest BCUT2D eigenvalue weighted by Crippen LogP contribution is -3.00. The number of benzene rings is 2. The summed E-state index contributed by atoms with van der Waals surface area (Å²) in [6.45, 7) is 0.874. The van der Waals surface area contributed by atoms with E-state index in [0.717, 1.165) is 16.3 Å². The molecule has 0 aliphatic carbocycles. The van der Waals surface area contributed by atoms with Gasteiger partial charge in [0, 0.05) is 11.6 Å². The van der Waals surface area contributed by atoms with Gasteiger partial charge in [0.25, 0.3) is 0 Å². The minimum Gasteiger partial charge on any atom is -1.00 e. The molecular weight excluding hydrogens is 285 g/mol. The Morgan fingerprint density at radius 3 is 2.39 bits per heavy atom. The van der Waals surface area contributed by atoms with Crippen molar-refractivity contribution in [1.82, 2.24) is 0 Å². The monoisotopic (exact) mass is 295 g/mol. The van der Waals surface area contributed by atoms with Gasteiger partial charge in [-0.05, 0) is 6.07 Å². The molecule has 4 heteroatoms. The van der Waals surface area contributed by atoms with Crippen LogP contribution in [0.4, 0.5) is 0 Å². The summed E-state index contributed by atoms with van der Waals surface area (Å²) in [5, 5.41) is 1.13. The molecule has 92 valence electrons. The summed E-state index contributed by atoms with van der Waals surface area (Å²) >= 11 is 7.85. The molecule has 0 spiro atoms. The van der Waals surface area contributed by atoms with Crippen molar-refractivity contribution in [2.75, 3.05) is 0 Å². The highest BCUT2D eigenvalue weighted by atomic mass is 35.5. The smallest absolute Gasteiger partial charge is 0.229 e. The van der Waals surface area contributed by atoms with Crippen molar-refractivity contribution < 1.29 is 16.4 Å². The Balaban J connectivity index is 0.00000120. The molecule has 0 aliphatic rings. The highest BCUT2D eigenvalue weighted by molar-refractivity contribution is 7.08. The summed E-state index contributed by atoms with van der Waals surface area (Å²) in [6.07, 6.45) is 0. The summed E-state index contributed by atoms with van der Waals surface area (Å²) < 4.78 is 3.09. The first kappa shape index (κ1) is 13.3. The molecule has 1 aromatic heterocycles. The minimum atomic E-state index is 0. The Hall–Kier alpha value is -1.09. The Kier molecular flexibility index (Phi) is 4.23. The lowest BCUT2D eigenvalue weighted by molar-refractivity contribution is -0.592. The molecule has 0 bridgehead atoms. The van der Waals surface area contributed by atoms with E-state index in [0.29, 0.717) is 0 Å². The van der Waals surface area contributed by atoms with Crippen LogP contribution in [0.25, 0.3) is 10.9 Å². The number of hydrogen-bond donors (Lipinski definition) is 0. The van der Waals surface area contributed by atoms with Gasteiger partial charge in [0.05, 0.1) is 5.39 Å². The summed E-state index contributed by atoms with van der Waals surface area (Å²) in [5.74, 6) is 0. The molecule has 1 heterocycles. The second kappa shape index (κ2) is 5.70. The van der Waals surface area contributed by atoms with Crippen LogP contribution < -0.4 is 16.4 Å². The average Bonchev–Trinajstić information content (AvgIpc) is 2.69. The average molecular weight is 296 g/mol. The Labute approximate surface area is 121 Å². The van der Waals surface area contributed by atoms with Gasteiger partial charge in [0.15, 0.2) is 22.4 Å². The Bertz CT molecular complexity index is 649. The van der Waals surface area contributed by atoms with Crippen LogP contribution in [0.3, 0.4) is 0 Å². The van der Waals surface area contributed by atoms with Gasteiger partial charge in [0.2, 0.25) is 5.52 Å². The van der Waals surface area contributed by atoms with Crippen LogP contribution in [-0.2, 0) is 6.54 Å². The lowest BCUT2D eigenvalue weighted by atomic mass is 10.2. The Morgan fingerprint density at radius 2 is 1.61 bits per heavy atom. The first-order valence-corrected chi connectivity index (χ1v) is 6.61. The fraction of sp³-hybridized carbons (Fsp3) is 0.0714. The summed E-state index contributed by atoms with van der Waals surface area (Å²) in [5.41, 5.74) is 2.49. The van der Waals surface area contributed by atoms with E-state index in [1.165, 1.54) is 11.1 Å². The number of aromatic nitrogens is 1. The third-order valence-electron chi connectivity index (χ3n) is 2.74. The number of rotatable bonds is 2. The molecule has 3 rings (SSSR count). The molecule has 0 atom stereocenters. The van der Waals surface area contributed by atoms with Gasteiger partial charge in [0.1, 0.15) is 0 Å². The quantitative estimate of drug-likeness (QED) is 0.619. The maximum atomic E-state index is 6.24. The molecule has 0 N–H and O–H groups in total. The van der Waals surface area contributed by atoms with Crippen LogP contribution >= 0.6 is 23.1 Å². The van der Waals surface area contributed by atoms with Crippen LogP contribution in [0.15, 0.2) is 54.6 Å². The molecule has 2 aromatic carbocycles. The van der Waals surface area contributed by atoms with Gasteiger partial charge >= 0.3 is 0 Å². The van der Waals surface area contributed by atoms with Crippen LogP contribution in [0.1, 0.15) is 5.56 Å². The maximum Gasteiger partial charge on any atom is 0.229 e. The zero-order chi connectivity index (χ0) is 11.7. The van der Waals surface area contributed by atoms with E-state index >= 15 is 0 Å². The van der Waals surface area contributed by atoms with E-state index in [1.54, 1.807) is 11.5 Å². The second-order valence-electron chi connectivity index (χ2n) is 3.90. The zero-order valence-electron chi connectivity index (χ0n) is 9.51. The van der Waals surface area contributed by atoms with E-state index in [2.05, 4.69) is 40.4 Å². The highest BCUT2D eigenvalue weighted by Crippen LogP contribution is 2.25. The van der Waals surface area contributed by atoms with Gasteiger partial charge in [-0.3, -0.25) is 0 Å². The summed E-state index contributed by atoms with van der Waals surface area (Å²) in [7, 11) is 0. The number of para-hydroxylation sites is 1. The highest BCUT2D eigenvalue weighted by Gasteiger charge is 2.17. The molecule has 3 aromatic rings. The molecular formula is C14H11Cl2NS. The van der Waals surface area contributed by atoms with Crippen LogP contribution in [0.2, 0.25) is 4.34 Å². The summed E-state index contributed by atoms with van der Waals surface area (Å²) in [6, 6.07) is 18.7. The van der Waals surface area contributed by atoms with Gasteiger partial charge in [-0.15, -0.1) is 3.96 Å².